The molecule has 0 saturated heterocycles. The second-order valence-electron chi connectivity index (χ2n) is 3.78. The molecular formula is C12H19Cl2NO. The topological polar surface area (TPSA) is 36.8 Å². The van der Waals surface area contributed by atoms with Crippen LogP contribution in [0.15, 0.2) is 30.3 Å². The van der Waals surface area contributed by atoms with Gasteiger partial charge in [0.25, 0.3) is 0 Å². The van der Waals surface area contributed by atoms with Crippen LogP contribution in [0.25, 0.3) is 0 Å². The van der Waals surface area contributed by atoms with Gasteiger partial charge in [-0.1, -0.05) is 30.3 Å². The monoisotopic (exact) mass is 263 g/mol. The quantitative estimate of drug-likeness (QED) is 0.467. The molecule has 1 rings (SSSR count). The molecule has 0 heterocycles. The Morgan fingerprint density at radius 3 is 2.50 bits per heavy atom. The zero-order chi connectivity index (χ0) is 11.1. The molecule has 0 aliphatic carbocycles. The molecule has 0 spiro atoms. The maximum Gasteiger partial charge on any atom is 0.130 e. The van der Waals surface area contributed by atoms with Crippen LogP contribution in [0, 0.1) is 0 Å². The number of halogens is 2. The van der Waals surface area contributed by atoms with Crippen LogP contribution in [0.1, 0.15) is 25.0 Å². The number of benzene rings is 1. The Balaban J connectivity index is 0.00000225. The van der Waals surface area contributed by atoms with Gasteiger partial charge >= 0.3 is 0 Å². The van der Waals surface area contributed by atoms with Crippen LogP contribution in [0.2, 0.25) is 0 Å². The largest absolute Gasteiger partial charge is 1.00 e. The van der Waals surface area contributed by atoms with E-state index in [1.807, 2.05) is 37.3 Å². The highest BCUT2D eigenvalue weighted by Gasteiger charge is 2.17. The minimum Gasteiger partial charge on any atom is -1.00 e. The molecule has 0 aliphatic rings. The van der Waals surface area contributed by atoms with Gasteiger partial charge in [0, 0.05) is 12.3 Å². The number of hydrogen-bond acceptors (Lipinski definition) is 1. The number of aliphatic hydroxyl groups is 1. The molecule has 0 amide bonds. The standard InChI is InChI=1S/C12H18ClNO.ClH/c1-10(14-9-5-8-13)12(15)11-6-3-2-4-7-11;/h2-4,6-7,10,12,14-15H,5,8-9H2,1H3;1H. The van der Waals surface area contributed by atoms with Crippen molar-refractivity contribution in [2.24, 2.45) is 0 Å². The molecule has 0 radical (unpaired) electrons. The van der Waals surface area contributed by atoms with Gasteiger partial charge in [-0.3, -0.25) is 0 Å². The number of alkyl halides is 1. The van der Waals surface area contributed by atoms with E-state index in [1.165, 1.54) is 0 Å². The van der Waals surface area contributed by atoms with Gasteiger partial charge in [-0.25, -0.2) is 0 Å². The number of hydrogen-bond donors (Lipinski definition) is 2. The van der Waals surface area contributed by atoms with Crippen molar-refractivity contribution in [1.82, 2.24) is 0 Å². The summed E-state index contributed by atoms with van der Waals surface area (Å²) in [6.45, 7) is 3.00. The van der Waals surface area contributed by atoms with E-state index in [1.54, 1.807) is 0 Å². The first-order valence-corrected chi connectivity index (χ1v) is 5.91. The highest BCUT2D eigenvalue weighted by atomic mass is 35.5. The van der Waals surface area contributed by atoms with Crippen LogP contribution >= 0.6 is 11.6 Å². The van der Waals surface area contributed by atoms with Gasteiger partial charge < -0.3 is 22.8 Å². The summed E-state index contributed by atoms with van der Waals surface area (Å²) in [6.07, 6.45) is 0.578. The third-order valence-corrected chi connectivity index (χ3v) is 2.78. The molecule has 2 atom stereocenters. The molecular weight excluding hydrogens is 245 g/mol. The van der Waals surface area contributed by atoms with E-state index in [0.29, 0.717) is 5.88 Å². The summed E-state index contributed by atoms with van der Waals surface area (Å²) in [5.41, 5.74) is 0.979. The summed E-state index contributed by atoms with van der Waals surface area (Å²) >= 11 is 5.60. The molecule has 2 unspecified atom stereocenters. The Kier molecular flexibility index (Phi) is 8.67. The van der Waals surface area contributed by atoms with Crippen LogP contribution in [0.4, 0.5) is 0 Å². The average molecular weight is 264 g/mol. The van der Waals surface area contributed by atoms with Gasteiger partial charge in [0.05, 0.1) is 6.54 Å². The van der Waals surface area contributed by atoms with E-state index >= 15 is 0 Å². The zero-order valence-electron chi connectivity index (χ0n) is 9.44. The Hall–Kier alpha value is -0.280. The first kappa shape index (κ1) is 15.7. The average Bonchev–Trinajstić information content (AvgIpc) is 2.29. The van der Waals surface area contributed by atoms with Gasteiger partial charge in [-0.05, 0) is 12.5 Å². The second-order valence-corrected chi connectivity index (χ2v) is 4.16. The SMILES string of the molecule is CC([NH2+]CCCCl)C(O)c1ccccc1.[Cl-]. The number of rotatable bonds is 6. The van der Waals surface area contributed by atoms with Crippen LogP contribution in [0.3, 0.4) is 0 Å². The molecule has 0 fully saturated rings. The van der Waals surface area contributed by atoms with Gasteiger partial charge in [0.1, 0.15) is 12.1 Å². The van der Waals surface area contributed by atoms with Crippen LogP contribution < -0.4 is 17.7 Å². The maximum absolute atomic E-state index is 10.0. The van der Waals surface area contributed by atoms with Crippen LogP contribution in [0.5, 0.6) is 0 Å². The number of aliphatic hydroxyl groups excluding tert-OH is 1. The number of nitrogens with two attached hydrogens (primary N) is 1. The van der Waals surface area contributed by atoms with Crippen molar-refractivity contribution in [2.75, 3.05) is 12.4 Å². The molecule has 0 aliphatic heterocycles. The van der Waals surface area contributed by atoms with Crippen LogP contribution in [-0.4, -0.2) is 23.6 Å². The minimum absolute atomic E-state index is 0. The van der Waals surface area contributed by atoms with E-state index in [-0.39, 0.29) is 18.4 Å². The van der Waals surface area contributed by atoms with Crippen molar-refractivity contribution in [3.8, 4) is 0 Å². The summed E-state index contributed by atoms with van der Waals surface area (Å²) in [5.74, 6) is 0.685. The Bertz CT molecular complexity index is 269. The first-order valence-electron chi connectivity index (χ1n) is 5.38. The third kappa shape index (κ3) is 5.17. The zero-order valence-corrected chi connectivity index (χ0v) is 11.0. The summed E-state index contributed by atoms with van der Waals surface area (Å²) in [7, 11) is 0. The summed E-state index contributed by atoms with van der Waals surface area (Å²) in [4.78, 5) is 0. The first-order chi connectivity index (χ1) is 7.25. The predicted octanol–water partition coefficient (Wildman–Crippen LogP) is -1.70. The highest BCUT2D eigenvalue weighted by molar-refractivity contribution is 6.17. The molecule has 16 heavy (non-hydrogen) atoms. The predicted molar refractivity (Wildman–Crippen MR) is 63.0 cm³/mol. The maximum atomic E-state index is 10.0. The van der Waals surface area contributed by atoms with Crippen molar-refractivity contribution in [1.29, 1.82) is 0 Å². The molecule has 0 bridgehead atoms. The van der Waals surface area contributed by atoms with E-state index < -0.39 is 6.10 Å². The van der Waals surface area contributed by atoms with Crippen molar-refractivity contribution in [3.63, 3.8) is 0 Å². The lowest BCUT2D eigenvalue weighted by Gasteiger charge is -2.17. The Morgan fingerprint density at radius 2 is 1.94 bits per heavy atom. The van der Waals surface area contributed by atoms with Crippen molar-refractivity contribution in [2.45, 2.75) is 25.5 Å². The van der Waals surface area contributed by atoms with E-state index in [9.17, 15) is 5.11 Å². The normalized spacial score (nSPS) is 13.9. The molecule has 92 valence electrons. The van der Waals surface area contributed by atoms with Crippen LogP contribution in [-0.2, 0) is 0 Å². The van der Waals surface area contributed by atoms with Gasteiger partial charge in [-0.2, -0.15) is 0 Å². The molecule has 1 aromatic carbocycles. The second kappa shape index (κ2) is 8.82. The molecule has 4 heteroatoms. The highest BCUT2D eigenvalue weighted by Crippen LogP contribution is 2.13. The summed E-state index contributed by atoms with van der Waals surface area (Å²) in [5, 5.41) is 12.2. The Labute approximate surface area is 108 Å². The third-order valence-electron chi connectivity index (χ3n) is 2.52. The van der Waals surface area contributed by atoms with Gasteiger partial charge in [0.15, 0.2) is 0 Å². The van der Waals surface area contributed by atoms with Crippen molar-refractivity contribution < 1.29 is 22.8 Å². The molecule has 2 nitrogen and oxygen atoms in total. The lowest BCUT2D eigenvalue weighted by molar-refractivity contribution is -0.694. The summed E-state index contributed by atoms with van der Waals surface area (Å²) in [6, 6.07) is 9.94. The Morgan fingerprint density at radius 1 is 1.31 bits per heavy atom. The fourth-order valence-electron chi connectivity index (χ4n) is 1.54. The summed E-state index contributed by atoms with van der Waals surface area (Å²) < 4.78 is 0. The van der Waals surface area contributed by atoms with E-state index in [0.717, 1.165) is 18.5 Å². The molecule has 3 N–H and O–H groups in total. The molecule has 0 saturated carbocycles. The lowest BCUT2D eigenvalue weighted by Crippen LogP contribution is -3.00. The fraction of sp³-hybridized carbons (Fsp3) is 0.500. The smallest absolute Gasteiger partial charge is 0.130 e. The lowest BCUT2D eigenvalue weighted by atomic mass is 10.0. The van der Waals surface area contributed by atoms with E-state index in [4.69, 9.17) is 11.6 Å². The van der Waals surface area contributed by atoms with Gasteiger partial charge in [-0.15, -0.1) is 11.6 Å². The van der Waals surface area contributed by atoms with Crippen molar-refractivity contribution >= 4 is 11.6 Å². The fourth-order valence-corrected chi connectivity index (χ4v) is 1.69. The van der Waals surface area contributed by atoms with Crippen molar-refractivity contribution in [3.05, 3.63) is 35.9 Å². The van der Waals surface area contributed by atoms with E-state index in [2.05, 4.69) is 5.32 Å². The minimum atomic E-state index is -0.401. The number of quaternary nitrogens is 1. The molecule has 0 aromatic heterocycles. The molecule has 1 aromatic rings. The van der Waals surface area contributed by atoms with Gasteiger partial charge in [0.2, 0.25) is 0 Å².